The van der Waals surface area contributed by atoms with Gasteiger partial charge in [-0.05, 0) is 42.7 Å². The number of hydrogen-bond donors (Lipinski definition) is 0. The largest absolute Gasteiger partial charge is 0.261 e. The summed E-state index contributed by atoms with van der Waals surface area (Å²) < 4.78 is 0. The van der Waals surface area contributed by atoms with E-state index in [4.69, 9.17) is 11.6 Å². The fraction of sp³-hybridized carbons (Fsp3) is 0.267. The number of halogens is 2. The van der Waals surface area contributed by atoms with E-state index in [0.29, 0.717) is 0 Å². The Balaban J connectivity index is 2.22. The highest BCUT2D eigenvalue weighted by molar-refractivity contribution is 9.09. The maximum absolute atomic E-state index is 6.28. The zero-order valence-electron chi connectivity index (χ0n) is 10.5. The maximum atomic E-state index is 6.28. The fourth-order valence-corrected chi connectivity index (χ4v) is 3.10. The van der Waals surface area contributed by atoms with Gasteiger partial charge in [-0.2, -0.15) is 0 Å². The van der Waals surface area contributed by atoms with E-state index < -0.39 is 0 Å². The van der Waals surface area contributed by atoms with Crippen molar-refractivity contribution in [2.75, 3.05) is 0 Å². The van der Waals surface area contributed by atoms with Crippen LogP contribution in [0.4, 0.5) is 0 Å². The minimum absolute atomic E-state index is 0.194. The summed E-state index contributed by atoms with van der Waals surface area (Å²) in [6.07, 6.45) is 2.67. The Morgan fingerprint density at radius 2 is 2.06 bits per heavy atom. The van der Waals surface area contributed by atoms with Crippen molar-refractivity contribution in [1.29, 1.82) is 0 Å². The summed E-state index contributed by atoms with van der Waals surface area (Å²) in [5.41, 5.74) is 4.62. The molecule has 1 atom stereocenters. The SMILES string of the molecule is Cc1ccc(C(Br)Cc2ncccc2C)c(Cl)c1. The molecule has 1 unspecified atom stereocenters. The van der Waals surface area contributed by atoms with Crippen LogP contribution in [-0.4, -0.2) is 4.98 Å². The van der Waals surface area contributed by atoms with Gasteiger partial charge in [0, 0.05) is 28.2 Å². The van der Waals surface area contributed by atoms with E-state index >= 15 is 0 Å². The lowest BCUT2D eigenvalue weighted by Gasteiger charge is -2.13. The molecule has 0 N–H and O–H groups in total. The lowest BCUT2D eigenvalue weighted by atomic mass is 10.0. The van der Waals surface area contributed by atoms with Gasteiger partial charge in [0.2, 0.25) is 0 Å². The van der Waals surface area contributed by atoms with E-state index in [1.807, 2.05) is 25.3 Å². The number of hydrogen-bond acceptors (Lipinski definition) is 1. The van der Waals surface area contributed by atoms with Crippen molar-refractivity contribution in [2.45, 2.75) is 25.1 Å². The van der Waals surface area contributed by atoms with Gasteiger partial charge >= 0.3 is 0 Å². The zero-order chi connectivity index (χ0) is 13.1. The lowest BCUT2D eigenvalue weighted by Crippen LogP contribution is -2.00. The molecule has 0 aliphatic heterocycles. The Morgan fingerprint density at radius 3 is 2.72 bits per heavy atom. The molecule has 2 aromatic rings. The molecule has 0 aliphatic carbocycles. The average Bonchev–Trinajstić information content (AvgIpc) is 2.32. The topological polar surface area (TPSA) is 12.9 Å². The second-order valence-electron chi connectivity index (χ2n) is 4.46. The molecule has 94 valence electrons. The highest BCUT2D eigenvalue weighted by Crippen LogP contribution is 2.32. The van der Waals surface area contributed by atoms with Gasteiger partial charge in [-0.3, -0.25) is 4.98 Å². The predicted molar refractivity (Wildman–Crippen MR) is 80.5 cm³/mol. The predicted octanol–water partition coefficient (Wildman–Crippen LogP) is 5.03. The summed E-state index contributed by atoms with van der Waals surface area (Å²) in [6.45, 7) is 4.13. The minimum Gasteiger partial charge on any atom is -0.261 e. The molecule has 0 saturated heterocycles. The number of alkyl halides is 1. The van der Waals surface area contributed by atoms with Crippen LogP contribution in [0.15, 0.2) is 36.5 Å². The highest BCUT2D eigenvalue weighted by atomic mass is 79.9. The molecule has 1 aromatic heterocycles. The van der Waals surface area contributed by atoms with Crippen molar-refractivity contribution in [3.05, 3.63) is 63.9 Å². The van der Waals surface area contributed by atoms with Crippen molar-refractivity contribution < 1.29 is 0 Å². The second-order valence-corrected chi connectivity index (χ2v) is 5.98. The summed E-state index contributed by atoms with van der Waals surface area (Å²) in [5.74, 6) is 0. The van der Waals surface area contributed by atoms with Gasteiger partial charge in [-0.25, -0.2) is 0 Å². The molecule has 0 saturated carbocycles. The number of benzene rings is 1. The first-order chi connectivity index (χ1) is 8.58. The van der Waals surface area contributed by atoms with Crippen LogP contribution < -0.4 is 0 Å². The molecule has 1 aromatic carbocycles. The van der Waals surface area contributed by atoms with Gasteiger partial charge in [-0.1, -0.05) is 45.7 Å². The first-order valence-corrected chi connectivity index (χ1v) is 7.18. The van der Waals surface area contributed by atoms with Crippen molar-refractivity contribution in [2.24, 2.45) is 0 Å². The number of rotatable bonds is 3. The quantitative estimate of drug-likeness (QED) is 0.722. The Hall–Kier alpha value is -0.860. The van der Waals surface area contributed by atoms with E-state index in [0.717, 1.165) is 22.7 Å². The van der Waals surface area contributed by atoms with Gasteiger partial charge in [0.25, 0.3) is 0 Å². The summed E-state index contributed by atoms with van der Waals surface area (Å²) >= 11 is 9.99. The van der Waals surface area contributed by atoms with Crippen LogP contribution in [0.25, 0.3) is 0 Å². The zero-order valence-corrected chi connectivity index (χ0v) is 12.8. The molecule has 1 heterocycles. The monoisotopic (exact) mass is 323 g/mol. The molecule has 0 radical (unpaired) electrons. The van der Waals surface area contributed by atoms with E-state index in [1.54, 1.807) is 0 Å². The molecule has 0 fully saturated rings. The van der Waals surface area contributed by atoms with Crippen molar-refractivity contribution >= 4 is 27.5 Å². The first-order valence-electron chi connectivity index (χ1n) is 5.88. The Kier molecular flexibility index (Phi) is 4.41. The van der Waals surface area contributed by atoms with Crippen molar-refractivity contribution in [3.63, 3.8) is 0 Å². The van der Waals surface area contributed by atoms with Gasteiger partial charge < -0.3 is 0 Å². The van der Waals surface area contributed by atoms with E-state index in [-0.39, 0.29) is 4.83 Å². The Bertz CT molecular complexity index is 554. The molecule has 1 nitrogen and oxygen atoms in total. The summed E-state index contributed by atoms with van der Waals surface area (Å²) in [7, 11) is 0. The third kappa shape index (κ3) is 3.12. The van der Waals surface area contributed by atoms with E-state index in [9.17, 15) is 0 Å². The van der Waals surface area contributed by atoms with Gasteiger partial charge in [-0.15, -0.1) is 0 Å². The summed E-state index contributed by atoms with van der Waals surface area (Å²) in [6, 6.07) is 10.2. The fourth-order valence-electron chi connectivity index (χ4n) is 1.90. The van der Waals surface area contributed by atoms with E-state index in [1.165, 1.54) is 11.1 Å². The standard InChI is InChI=1S/C15H15BrClN/c1-10-5-6-12(14(17)8-10)13(16)9-15-11(2)4-3-7-18-15/h3-8,13H,9H2,1-2H3. The van der Waals surface area contributed by atoms with Crippen LogP contribution >= 0.6 is 27.5 Å². The molecular formula is C15H15BrClN. The maximum Gasteiger partial charge on any atom is 0.0465 e. The number of aryl methyl sites for hydroxylation is 2. The van der Waals surface area contributed by atoms with Crippen LogP contribution in [0.1, 0.15) is 27.2 Å². The lowest BCUT2D eigenvalue weighted by molar-refractivity contribution is 0.891. The average molecular weight is 325 g/mol. The summed E-state index contributed by atoms with van der Waals surface area (Å²) in [5, 5.41) is 0.811. The van der Waals surface area contributed by atoms with Crippen LogP contribution in [-0.2, 0) is 6.42 Å². The Labute approximate surface area is 121 Å². The van der Waals surface area contributed by atoms with Crippen LogP contribution in [0, 0.1) is 13.8 Å². The molecular weight excluding hydrogens is 310 g/mol. The van der Waals surface area contributed by atoms with Crippen LogP contribution in [0.2, 0.25) is 5.02 Å². The minimum atomic E-state index is 0.194. The number of pyridine rings is 1. The van der Waals surface area contributed by atoms with Crippen molar-refractivity contribution in [3.8, 4) is 0 Å². The summed E-state index contributed by atoms with van der Waals surface area (Å²) in [4.78, 5) is 4.61. The molecule has 3 heteroatoms. The molecule has 0 aliphatic rings. The Morgan fingerprint density at radius 1 is 1.28 bits per heavy atom. The smallest absolute Gasteiger partial charge is 0.0465 e. The third-order valence-corrected chi connectivity index (χ3v) is 4.13. The van der Waals surface area contributed by atoms with Crippen LogP contribution in [0.5, 0.6) is 0 Å². The van der Waals surface area contributed by atoms with Gasteiger partial charge in [0.15, 0.2) is 0 Å². The van der Waals surface area contributed by atoms with Crippen molar-refractivity contribution in [1.82, 2.24) is 4.98 Å². The number of nitrogens with zero attached hydrogens (tertiary/aromatic N) is 1. The van der Waals surface area contributed by atoms with Gasteiger partial charge in [0.05, 0.1) is 0 Å². The van der Waals surface area contributed by atoms with E-state index in [2.05, 4.69) is 46.0 Å². The normalized spacial score (nSPS) is 12.4. The molecule has 0 bridgehead atoms. The molecule has 0 spiro atoms. The van der Waals surface area contributed by atoms with Gasteiger partial charge in [0.1, 0.15) is 0 Å². The highest BCUT2D eigenvalue weighted by Gasteiger charge is 2.13. The number of aromatic nitrogens is 1. The molecule has 0 amide bonds. The second kappa shape index (κ2) is 5.85. The third-order valence-electron chi connectivity index (χ3n) is 2.98. The molecule has 18 heavy (non-hydrogen) atoms. The first kappa shape index (κ1) is 13.6. The molecule has 2 rings (SSSR count). The van der Waals surface area contributed by atoms with Crippen LogP contribution in [0.3, 0.4) is 0 Å².